The van der Waals surface area contributed by atoms with Crippen LogP contribution in [0.1, 0.15) is 45.6 Å². The summed E-state index contributed by atoms with van der Waals surface area (Å²) in [4.78, 5) is 14.0. The van der Waals surface area contributed by atoms with Crippen LogP contribution in [0, 0.1) is 6.92 Å². The van der Waals surface area contributed by atoms with E-state index in [0.717, 1.165) is 23.3 Å². The highest BCUT2D eigenvalue weighted by Crippen LogP contribution is 2.29. The van der Waals surface area contributed by atoms with Gasteiger partial charge in [-0.1, -0.05) is 29.8 Å². The van der Waals surface area contributed by atoms with Gasteiger partial charge in [-0.05, 0) is 48.9 Å². The van der Waals surface area contributed by atoms with Gasteiger partial charge in [-0.2, -0.15) is 4.31 Å². The van der Waals surface area contributed by atoms with Crippen molar-refractivity contribution in [3.63, 3.8) is 0 Å². The zero-order valence-electron chi connectivity index (χ0n) is 16.3. The third kappa shape index (κ3) is 4.18. The number of hydrogen-bond acceptors (Lipinski definition) is 5. The first-order chi connectivity index (χ1) is 14.4. The molecule has 3 aromatic rings. The van der Waals surface area contributed by atoms with Crippen molar-refractivity contribution in [3.8, 4) is 0 Å². The van der Waals surface area contributed by atoms with Crippen molar-refractivity contribution in [3.05, 3.63) is 74.8 Å². The highest BCUT2D eigenvalue weighted by molar-refractivity contribution is 7.89. The van der Waals surface area contributed by atoms with Gasteiger partial charge in [0.2, 0.25) is 10.0 Å². The van der Waals surface area contributed by atoms with E-state index < -0.39 is 22.0 Å². The molecule has 9 heteroatoms. The summed E-state index contributed by atoms with van der Waals surface area (Å²) in [5.74, 6) is -0.290. The Bertz CT molecular complexity index is 1130. The number of hydrogen-bond donors (Lipinski definition) is 1. The van der Waals surface area contributed by atoms with Crippen molar-refractivity contribution in [1.82, 2.24) is 9.62 Å². The van der Waals surface area contributed by atoms with Crippen molar-refractivity contribution in [1.29, 1.82) is 0 Å². The van der Waals surface area contributed by atoms with Gasteiger partial charge >= 0.3 is 0 Å². The second-order valence-corrected chi connectivity index (χ2v) is 10.4. The zero-order chi connectivity index (χ0) is 21.3. The van der Waals surface area contributed by atoms with Crippen LogP contribution in [0.5, 0.6) is 0 Å². The molecule has 1 aliphatic rings. The van der Waals surface area contributed by atoms with E-state index in [2.05, 4.69) is 5.32 Å². The van der Waals surface area contributed by atoms with Crippen LogP contribution in [0.15, 0.2) is 57.2 Å². The Kier molecular flexibility index (Phi) is 6.02. The topological polar surface area (TPSA) is 79.6 Å². The molecule has 1 unspecified atom stereocenters. The molecule has 4 rings (SSSR count). The summed E-state index contributed by atoms with van der Waals surface area (Å²) in [5.41, 5.74) is 0.864. The van der Waals surface area contributed by atoms with E-state index >= 15 is 0 Å². The number of furan rings is 1. The highest BCUT2D eigenvalue weighted by atomic mass is 35.5. The molecule has 6 nitrogen and oxygen atoms in total. The van der Waals surface area contributed by atoms with Crippen LogP contribution in [-0.2, 0) is 10.0 Å². The van der Waals surface area contributed by atoms with E-state index in [1.54, 1.807) is 19.1 Å². The number of halogens is 1. The molecule has 1 N–H and O–H groups in total. The van der Waals surface area contributed by atoms with Crippen LogP contribution in [-0.4, -0.2) is 31.7 Å². The maximum atomic E-state index is 13.0. The number of benzene rings is 1. The molecule has 0 spiro atoms. The number of rotatable bonds is 6. The van der Waals surface area contributed by atoms with Crippen LogP contribution < -0.4 is 5.32 Å². The van der Waals surface area contributed by atoms with E-state index in [-0.39, 0.29) is 16.4 Å². The monoisotopic (exact) mass is 464 g/mol. The summed E-state index contributed by atoms with van der Waals surface area (Å²) in [6.07, 6.45) is 1.68. The Morgan fingerprint density at radius 1 is 1.20 bits per heavy atom. The van der Waals surface area contributed by atoms with Gasteiger partial charge in [0, 0.05) is 29.1 Å². The molecule has 0 radical (unpaired) electrons. The molecule has 0 saturated carbocycles. The lowest BCUT2D eigenvalue weighted by molar-refractivity contribution is 0.0914. The largest absolute Gasteiger partial charge is 0.455 e. The maximum Gasteiger partial charge on any atom is 0.287 e. The van der Waals surface area contributed by atoms with Gasteiger partial charge in [-0.3, -0.25) is 4.79 Å². The van der Waals surface area contributed by atoms with E-state index in [9.17, 15) is 13.2 Å². The second kappa shape index (κ2) is 8.55. The summed E-state index contributed by atoms with van der Waals surface area (Å²) in [7, 11) is -3.66. The fourth-order valence-corrected chi connectivity index (χ4v) is 6.14. The molecule has 0 bridgehead atoms. The number of aryl methyl sites for hydroxylation is 1. The summed E-state index contributed by atoms with van der Waals surface area (Å²) in [5, 5.41) is 5.50. The Morgan fingerprint density at radius 2 is 1.90 bits per heavy atom. The molecule has 1 amide bonds. The molecule has 1 fully saturated rings. The third-order valence-electron chi connectivity index (χ3n) is 5.09. The van der Waals surface area contributed by atoms with E-state index in [1.807, 2.05) is 29.6 Å². The van der Waals surface area contributed by atoms with Gasteiger partial charge in [-0.25, -0.2) is 8.42 Å². The third-order valence-corrected chi connectivity index (χ3v) is 8.28. The van der Waals surface area contributed by atoms with Crippen molar-refractivity contribution in [2.75, 3.05) is 13.1 Å². The predicted molar refractivity (Wildman–Crippen MR) is 117 cm³/mol. The zero-order valence-corrected chi connectivity index (χ0v) is 18.7. The lowest BCUT2D eigenvalue weighted by Gasteiger charge is -2.17. The molecule has 2 aromatic heterocycles. The van der Waals surface area contributed by atoms with Gasteiger partial charge in [0.1, 0.15) is 10.7 Å². The van der Waals surface area contributed by atoms with Gasteiger partial charge in [0.25, 0.3) is 5.91 Å². The minimum Gasteiger partial charge on any atom is -0.455 e. The second-order valence-electron chi connectivity index (χ2n) is 7.12. The number of carbonyl (C=O) groups is 1. The smallest absolute Gasteiger partial charge is 0.287 e. The minimum atomic E-state index is -3.66. The Hall–Kier alpha value is -2.13. The number of thiophene rings is 1. The fraction of sp³-hybridized carbons (Fsp3) is 0.286. The minimum absolute atomic E-state index is 0.0270. The summed E-state index contributed by atoms with van der Waals surface area (Å²) >= 11 is 7.51. The molecular weight excluding hydrogens is 444 g/mol. The number of nitrogens with zero attached hydrogens (tertiary/aromatic N) is 1. The summed E-state index contributed by atoms with van der Waals surface area (Å²) < 4.78 is 32.8. The molecule has 1 aromatic carbocycles. The van der Waals surface area contributed by atoms with Crippen molar-refractivity contribution < 1.29 is 17.6 Å². The molecule has 30 heavy (non-hydrogen) atoms. The first kappa shape index (κ1) is 21.1. The van der Waals surface area contributed by atoms with E-state index in [4.69, 9.17) is 16.0 Å². The molecule has 1 aliphatic heterocycles. The van der Waals surface area contributed by atoms with Gasteiger partial charge in [0.15, 0.2) is 5.76 Å². The number of carbonyl (C=O) groups excluding carboxylic acids is 1. The average molecular weight is 465 g/mol. The highest BCUT2D eigenvalue weighted by Gasteiger charge is 2.32. The Morgan fingerprint density at radius 3 is 2.53 bits per heavy atom. The summed E-state index contributed by atoms with van der Waals surface area (Å²) in [6, 6.07) is 12.0. The molecular formula is C21H21ClN2O4S2. The number of nitrogens with one attached hydrogen (secondary N) is 1. The molecule has 1 saturated heterocycles. The van der Waals surface area contributed by atoms with Crippen LogP contribution in [0.3, 0.4) is 0 Å². The molecule has 1 atom stereocenters. The maximum absolute atomic E-state index is 13.0. The normalized spacial score (nSPS) is 15.9. The quantitative estimate of drug-likeness (QED) is 0.577. The SMILES string of the molecule is Cc1oc(C(=O)NC(c2ccc(Cl)cc2)c2cccs2)cc1S(=O)(=O)N1CCCC1. The number of sulfonamides is 1. The Balaban J connectivity index is 1.61. The van der Waals surface area contributed by atoms with Crippen LogP contribution in [0.4, 0.5) is 0 Å². The standard InChI is InChI=1S/C21H21ClN2O4S2/c1-14-19(30(26,27)24-10-2-3-11-24)13-17(28-14)21(25)23-20(18-5-4-12-29-18)15-6-8-16(22)9-7-15/h4-9,12-13,20H,2-3,10-11H2,1H3,(H,23,25). The number of amides is 1. The predicted octanol–water partition coefficient (Wildman–Crippen LogP) is 4.61. The van der Waals surface area contributed by atoms with Crippen molar-refractivity contribution in [2.24, 2.45) is 0 Å². The van der Waals surface area contributed by atoms with E-state index in [0.29, 0.717) is 18.1 Å². The molecule has 0 aliphatic carbocycles. The first-order valence-corrected chi connectivity index (χ1v) is 12.3. The molecule has 3 heterocycles. The Labute approximate surface area is 184 Å². The van der Waals surface area contributed by atoms with Crippen molar-refractivity contribution >= 4 is 38.9 Å². The van der Waals surface area contributed by atoms with E-state index in [1.165, 1.54) is 21.7 Å². The van der Waals surface area contributed by atoms with Crippen LogP contribution in [0.2, 0.25) is 5.02 Å². The fourth-order valence-electron chi connectivity index (χ4n) is 3.53. The van der Waals surface area contributed by atoms with Crippen LogP contribution in [0.25, 0.3) is 0 Å². The molecule has 158 valence electrons. The van der Waals surface area contributed by atoms with Gasteiger partial charge < -0.3 is 9.73 Å². The first-order valence-electron chi connectivity index (χ1n) is 9.56. The van der Waals surface area contributed by atoms with Gasteiger partial charge in [0.05, 0.1) is 6.04 Å². The van der Waals surface area contributed by atoms with Crippen molar-refractivity contribution in [2.45, 2.75) is 30.7 Å². The average Bonchev–Trinajstić information content (AvgIpc) is 3.48. The van der Waals surface area contributed by atoms with Gasteiger partial charge in [-0.15, -0.1) is 11.3 Å². The lowest BCUT2D eigenvalue weighted by Crippen LogP contribution is -2.29. The van der Waals surface area contributed by atoms with Crippen LogP contribution >= 0.6 is 22.9 Å². The summed E-state index contributed by atoms with van der Waals surface area (Å²) in [6.45, 7) is 2.55. The lowest BCUT2D eigenvalue weighted by atomic mass is 10.1.